The van der Waals surface area contributed by atoms with Crippen molar-refractivity contribution in [3.8, 4) is 0 Å². The summed E-state index contributed by atoms with van der Waals surface area (Å²) in [6.07, 6.45) is 4.04. The van der Waals surface area contributed by atoms with Crippen LogP contribution in [-0.4, -0.2) is 0 Å². The Kier molecular flexibility index (Phi) is 1.84. The lowest BCUT2D eigenvalue weighted by atomic mass is 9.78. The zero-order valence-corrected chi connectivity index (χ0v) is 9.65. The average Bonchev–Trinajstić information content (AvgIpc) is 2.66. The van der Waals surface area contributed by atoms with Gasteiger partial charge in [-0.3, -0.25) is 0 Å². The van der Waals surface area contributed by atoms with Gasteiger partial charge in [-0.1, -0.05) is 36.8 Å². The second-order valence-electron chi connectivity index (χ2n) is 4.95. The van der Waals surface area contributed by atoms with Crippen molar-refractivity contribution in [3.63, 3.8) is 0 Å². The van der Waals surface area contributed by atoms with Crippen molar-refractivity contribution in [2.75, 3.05) is 0 Å². The molecule has 0 amide bonds. The van der Waals surface area contributed by atoms with Crippen molar-refractivity contribution in [1.82, 2.24) is 0 Å². The van der Waals surface area contributed by atoms with Gasteiger partial charge in [0.15, 0.2) is 0 Å². The van der Waals surface area contributed by atoms with Crippen molar-refractivity contribution in [3.05, 3.63) is 48.0 Å². The van der Waals surface area contributed by atoms with Crippen molar-refractivity contribution in [2.45, 2.75) is 25.2 Å². The van der Waals surface area contributed by atoms with E-state index in [9.17, 15) is 0 Å². The average molecular weight is 222 g/mol. The molecule has 1 aromatic heterocycles. The zero-order valence-electron chi connectivity index (χ0n) is 9.65. The van der Waals surface area contributed by atoms with Gasteiger partial charge >= 0.3 is 0 Å². The van der Waals surface area contributed by atoms with Crippen LogP contribution in [0, 0.1) is 0 Å². The molecule has 1 saturated carbocycles. The highest BCUT2D eigenvalue weighted by molar-refractivity contribution is 6.06. The van der Waals surface area contributed by atoms with E-state index in [2.05, 4.69) is 36.4 Å². The maximum atomic E-state index is 5.91. The molecule has 1 heterocycles. The molecule has 0 bridgehead atoms. The minimum atomic E-state index is 0.750. The van der Waals surface area contributed by atoms with E-state index >= 15 is 0 Å². The lowest BCUT2D eigenvalue weighted by Gasteiger charge is -2.26. The quantitative estimate of drug-likeness (QED) is 0.573. The highest BCUT2D eigenvalue weighted by Gasteiger charge is 2.23. The standard InChI is InChI=1S/C16H14O/c1-2-9-14-13(7-1)16-12(11-5-3-6-11)8-4-10-15(16)17-14/h1-2,4,7-11H,3,5-6H2. The smallest absolute Gasteiger partial charge is 0.135 e. The van der Waals surface area contributed by atoms with E-state index in [4.69, 9.17) is 4.42 Å². The molecule has 0 unspecified atom stereocenters. The Morgan fingerprint density at radius 1 is 0.882 bits per heavy atom. The van der Waals surface area contributed by atoms with Gasteiger partial charge in [-0.2, -0.15) is 0 Å². The monoisotopic (exact) mass is 222 g/mol. The van der Waals surface area contributed by atoms with E-state index < -0.39 is 0 Å². The van der Waals surface area contributed by atoms with E-state index in [1.54, 1.807) is 0 Å². The first-order valence-electron chi connectivity index (χ1n) is 6.33. The number of rotatable bonds is 1. The molecule has 0 N–H and O–H groups in total. The molecule has 1 nitrogen and oxygen atoms in total. The van der Waals surface area contributed by atoms with E-state index in [-0.39, 0.29) is 0 Å². The van der Waals surface area contributed by atoms with Crippen LogP contribution in [0.4, 0.5) is 0 Å². The van der Waals surface area contributed by atoms with Gasteiger partial charge in [0.05, 0.1) is 0 Å². The van der Waals surface area contributed by atoms with E-state index in [0.29, 0.717) is 0 Å². The lowest BCUT2D eigenvalue weighted by Crippen LogP contribution is -2.08. The van der Waals surface area contributed by atoms with Gasteiger partial charge in [0.2, 0.25) is 0 Å². The zero-order chi connectivity index (χ0) is 11.2. The number of benzene rings is 2. The minimum absolute atomic E-state index is 0.750. The maximum Gasteiger partial charge on any atom is 0.135 e. The first-order chi connectivity index (χ1) is 8.43. The molecule has 1 heteroatoms. The number of para-hydroxylation sites is 1. The Morgan fingerprint density at radius 3 is 2.53 bits per heavy atom. The number of fused-ring (bicyclic) bond motifs is 3. The Hall–Kier alpha value is -1.76. The molecule has 84 valence electrons. The molecule has 1 fully saturated rings. The van der Waals surface area contributed by atoms with Crippen LogP contribution in [0.25, 0.3) is 21.9 Å². The molecule has 0 atom stereocenters. The SMILES string of the molecule is c1ccc2c(c1)oc1cccc(C3CCC3)c12. The fourth-order valence-corrected chi connectivity index (χ4v) is 2.86. The number of hydrogen-bond acceptors (Lipinski definition) is 1. The van der Waals surface area contributed by atoms with Crippen LogP contribution in [-0.2, 0) is 0 Å². The Morgan fingerprint density at radius 2 is 1.71 bits per heavy atom. The molecule has 1 aliphatic rings. The normalized spacial score (nSPS) is 16.5. The van der Waals surface area contributed by atoms with E-state index in [0.717, 1.165) is 17.1 Å². The molecule has 0 aliphatic heterocycles. The topological polar surface area (TPSA) is 13.1 Å². The third-order valence-corrected chi connectivity index (χ3v) is 3.98. The predicted octanol–water partition coefficient (Wildman–Crippen LogP) is 4.85. The molecule has 0 spiro atoms. The number of furan rings is 1. The summed E-state index contributed by atoms with van der Waals surface area (Å²) in [4.78, 5) is 0. The molecular formula is C16H14O. The van der Waals surface area contributed by atoms with Crippen LogP contribution in [0.3, 0.4) is 0 Å². The number of hydrogen-bond donors (Lipinski definition) is 0. The fourth-order valence-electron chi connectivity index (χ4n) is 2.86. The van der Waals surface area contributed by atoms with Gasteiger partial charge in [-0.05, 0) is 36.5 Å². The first-order valence-corrected chi connectivity index (χ1v) is 6.33. The minimum Gasteiger partial charge on any atom is -0.456 e. The van der Waals surface area contributed by atoms with E-state index in [1.807, 2.05) is 6.07 Å². The molecule has 1 aliphatic carbocycles. The van der Waals surface area contributed by atoms with Gasteiger partial charge in [0.25, 0.3) is 0 Å². The third kappa shape index (κ3) is 1.25. The molecular weight excluding hydrogens is 208 g/mol. The highest BCUT2D eigenvalue weighted by Crippen LogP contribution is 2.42. The summed E-state index contributed by atoms with van der Waals surface area (Å²) in [6, 6.07) is 14.8. The molecule has 0 saturated heterocycles. The van der Waals surface area contributed by atoms with Crippen LogP contribution < -0.4 is 0 Å². The summed E-state index contributed by atoms with van der Waals surface area (Å²) in [5.41, 5.74) is 3.53. The van der Waals surface area contributed by atoms with Crippen LogP contribution in [0.1, 0.15) is 30.7 Å². The first kappa shape index (κ1) is 9.29. The van der Waals surface area contributed by atoms with Crippen LogP contribution in [0.15, 0.2) is 46.9 Å². The van der Waals surface area contributed by atoms with Crippen LogP contribution in [0.2, 0.25) is 0 Å². The van der Waals surface area contributed by atoms with Gasteiger partial charge in [0.1, 0.15) is 11.2 Å². The summed E-state index contributed by atoms with van der Waals surface area (Å²) in [7, 11) is 0. The van der Waals surface area contributed by atoms with Gasteiger partial charge < -0.3 is 4.42 Å². The largest absolute Gasteiger partial charge is 0.456 e. The molecule has 4 rings (SSSR count). The Bertz CT molecular complexity index is 689. The van der Waals surface area contributed by atoms with Gasteiger partial charge in [-0.15, -0.1) is 0 Å². The third-order valence-electron chi connectivity index (χ3n) is 3.98. The predicted molar refractivity (Wildman–Crippen MR) is 70.3 cm³/mol. The van der Waals surface area contributed by atoms with Crippen molar-refractivity contribution >= 4 is 21.9 Å². The van der Waals surface area contributed by atoms with Crippen molar-refractivity contribution in [1.29, 1.82) is 0 Å². The summed E-state index contributed by atoms with van der Waals surface area (Å²) in [5, 5.41) is 2.61. The van der Waals surface area contributed by atoms with Gasteiger partial charge in [0, 0.05) is 10.8 Å². The summed E-state index contributed by atoms with van der Waals surface area (Å²) in [6.45, 7) is 0. The summed E-state index contributed by atoms with van der Waals surface area (Å²) in [5.74, 6) is 0.750. The van der Waals surface area contributed by atoms with Crippen LogP contribution >= 0.6 is 0 Å². The van der Waals surface area contributed by atoms with E-state index in [1.165, 1.54) is 35.6 Å². The second-order valence-corrected chi connectivity index (χ2v) is 4.95. The summed E-state index contributed by atoms with van der Waals surface area (Å²) < 4.78 is 5.91. The second kappa shape index (κ2) is 3.36. The Balaban J connectivity index is 2.12. The molecule has 17 heavy (non-hydrogen) atoms. The lowest BCUT2D eigenvalue weighted by molar-refractivity contribution is 0.422. The molecule has 2 aromatic carbocycles. The molecule has 3 aromatic rings. The van der Waals surface area contributed by atoms with Gasteiger partial charge in [-0.25, -0.2) is 0 Å². The van der Waals surface area contributed by atoms with Crippen molar-refractivity contribution < 1.29 is 4.42 Å². The summed E-state index contributed by atoms with van der Waals surface area (Å²) >= 11 is 0. The Labute approximate surface area is 100 Å². The molecule has 0 radical (unpaired) electrons. The van der Waals surface area contributed by atoms with Crippen LogP contribution in [0.5, 0.6) is 0 Å². The fraction of sp³-hybridized carbons (Fsp3) is 0.250. The highest BCUT2D eigenvalue weighted by atomic mass is 16.3. The van der Waals surface area contributed by atoms with Crippen molar-refractivity contribution in [2.24, 2.45) is 0 Å². The maximum absolute atomic E-state index is 5.91.